The summed E-state index contributed by atoms with van der Waals surface area (Å²) in [6.45, 7) is 3.08. The van der Waals surface area contributed by atoms with Gasteiger partial charge in [0.05, 0.1) is 31.3 Å². The molecular weight excluding hydrogens is 557 g/mol. The predicted molar refractivity (Wildman–Crippen MR) is 136 cm³/mol. The maximum Gasteiger partial charge on any atom is 0.471 e. The largest absolute Gasteiger partial charge is 0.471 e. The Kier molecular flexibility index (Phi) is 7.32. The number of amides is 1. The summed E-state index contributed by atoms with van der Waals surface area (Å²) < 4.78 is 67.8. The summed E-state index contributed by atoms with van der Waals surface area (Å²) in [5.41, 5.74) is 0.192. The summed E-state index contributed by atoms with van der Waals surface area (Å²) in [5.74, 6) is -1.79. The number of hydrogen-bond donors (Lipinski definition) is 2. The Morgan fingerprint density at radius 1 is 1.22 bits per heavy atom. The van der Waals surface area contributed by atoms with Gasteiger partial charge in [0.15, 0.2) is 9.84 Å². The van der Waals surface area contributed by atoms with Gasteiger partial charge in [-0.25, -0.2) is 8.42 Å². The van der Waals surface area contributed by atoms with E-state index in [0.717, 1.165) is 16.2 Å². The van der Waals surface area contributed by atoms with E-state index < -0.39 is 32.7 Å². The maximum absolute atomic E-state index is 13.0. The molecule has 1 aliphatic heterocycles. The quantitative estimate of drug-likeness (QED) is 0.275. The first-order chi connectivity index (χ1) is 16.8. The van der Waals surface area contributed by atoms with Gasteiger partial charge in [0, 0.05) is 19.6 Å². The van der Waals surface area contributed by atoms with E-state index in [9.17, 15) is 26.4 Å². The molecule has 2 fully saturated rings. The number of halogens is 4. The molecule has 36 heavy (non-hydrogen) atoms. The molecule has 0 radical (unpaired) electrons. The first kappa shape index (κ1) is 27.1. The van der Waals surface area contributed by atoms with Crippen LogP contribution in [-0.4, -0.2) is 66.6 Å². The molecule has 0 bridgehead atoms. The maximum atomic E-state index is 13.0. The highest BCUT2D eigenvalue weighted by atomic mass is 35.5. The van der Waals surface area contributed by atoms with Gasteiger partial charge in [-0.2, -0.15) is 13.2 Å². The van der Waals surface area contributed by atoms with Crippen molar-refractivity contribution in [2.45, 2.75) is 52.1 Å². The van der Waals surface area contributed by atoms with Crippen LogP contribution in [0, 0.1) is 5.41 Å². The van der Waals surface area contributed by atoms with Crippen LogP contribution in [0.4, 0.5) is 18.9 Å². The lowest BCUT2D eigenvalue weighted by atomic mass is 10.1. The smallest absolute Gasteiger partial charge is 0.347 e. The Labute approximate surface area is 220 Å². The molecule has 1 amide bonds. The number of piperazine rings is 1. The van der Waals surface area contributed by atoms with Crippen LogP contribution in [0.5, 0.6) is 0 Å². The molecule has 1 aromatic carbocycles. The number of carbonyl (C=O) groups excluding carboxylic acids is 1. The highest BCUT2D eigenvalue weighted by Gasteiger charge is 2.56. The molecular formula is C22H24ClF3N4O3S3. The lowest BCUT2D eigenvalue weighted by Crippen LogP contribution is -2.60. The molecule has 1 saturated heterocycles. The standard InChI is InChI=1S/C22H24ClF3N4O3S3/c1-13(2)36(32,33)17-7-6-16(34-17)35-28-15-5-3-4-14(23)18(15)19(27)30-11-10-29(12-21(30)8-9-21)20(31)22(24,25)26/h3-7,13,27-28H,8-12H2,1-2H3. The van der Waals surface area contributed by atoms with Crippen LogP contribution in [0.1, 0.15) is 32.3 Å². The summed E-state index contributed by atoms with van der Waals surface area (Å²) in [5, 5.41) is 8.66. The van der Waals surface area contributed by atoms with E-state index in [4.69, 9.17) is 17.0 Å². The SMILES string of the molecule is CC(C)S(=O)(=O)c1ccc(SNc2cccc(Cl)c2C(=N)N2CCN(C(=O)C(F)(F)F)CC23CC3)s1. The molecule has 1 aromatic heterocycles. The Balaban J connectivity index is 1.52. The van der Waals surface area contributed by atoms with Crippen molar-refractivity contribution < 1.29 is 26.4 Å². The topological polar surface area (TPSA) is 93.6 Å². The number of rotatable bonds is 6. The number of hydrogen-bond acceptors (Lipinski definition) is 7. The average Bonchev–Trinajstić information content (AvgIpc) is 3.38. The minimum Gasteiger partial charge on any atom is -0.347 e. The number of nitrogens with zero attached hydrogens (tertiary/aromatic N) is 2. The normalized spacial score (nSPS) is 17.5. The highest BCUT2D eigenvalue weighted by molar-refractivity contribution is 8.02. The number of anilines is 1. The Bertz CT molecular complexity index is 1290. The van der Waals surface area contributed by atoms with Gasteiger partial charge in [-0.1, -0.05) is 17.7 Å². The fourth-order valence-corrected chi connectivity index (χ4v) is 8.09. The number of thiophene rings is 1. The summed E-state index contributed by atoms with van der Waals surface area (Å²) in [6, 6.07) is 8.32. The molecule has 0 atom stereocenters. The number of benzene rings is 1. The Morgan fingerprint density at radius 2 is 1.92 bits per heavy atom. The zero-order valence-electron chi connectivity index (χ0n) is 19.4. The lowest BCUT2D eigenvalue weighted by molar-refractivity contribution is -0.187. The third-order valence-corrected chi connectivity index (χ3v) is 11.3. The molecule has 196 valence electrons. The second-order valence-electron chi connectivity index (χ2n) is 8.98. The van der Waals surface area contributed by atoms with Crippen LogP contribution in [0.25, 0.3) is 0 Å². The fraction of sp³-hybridized carbons (Fsp3) is 0.455. The van der Waals surface area contributed by atoms with Crippen molar-refractivity contribution in [3.05, 3.63) is 40.9 Å². The first-order valence-electron chi connectivity index (χ1n) is 11.0. The fourth-order valence-electron chi connectivity index (χ4n) is 4.08. The van der Waals surface area contributed by atoms with Gasteiger partial charge in [0.2, 0.25) is 0 Å². The van der Waals surface area contributed by atoms with Gasteiger partial charge < -0.3 is 14.5 Å². The van der Waals surface area contributed by atoms with E-state index in [1.54, 1.807) is 49.1 Å². The third-order valence-electron chi connectivity index (χ3n) is 6.25. The average molecular weight is 581 g/mol. The summed E-state index contributed by atoms with van der Waals surface area (Å²) in [7, 11) is -3.39. The molecule has 2 heterocycles. The molecule has 7 nitrogen and oxygen atoms in total. The molecule has 14 heteroatoms. The molecule has 4 rings (SSSR count). The van der Waals surface area contributed by atoms with E-state index >= 15 is 0 Å². The second-order valence-corrected chi connectivity index (χ2v) is 14.3. The minimum absolute atomic E-state index is 0.0644. The number of alkyl halides is 3. The molecule has 0 unspecified atom stereocenters. The zero-order valence-corrected chi connectivity index (χ0v) is 22.6. The predicted octanol–water partition coefficient (Wildman–Crippen LogP) is 5.27. The monoisotopic (exact) mass is 580 g/mol. The van der Waals surface area contributed by atoms with E-state index in [1.807, 2.05) is 0 Å². The molecule has 2 aliphatic rings. The van der Waals surface area contributed by atoms with Crippen molar-refractivity contribution in [1.82, 2.24) is 9.80 Å². The summed E-state index contributed by atoms with van der Waals surface area (Å²) in [4.78, 5) is 14.3. The van der Waals surface area contributed by atoms with Gasteiger partial charge in [0.1, 0.15) is 10.0 Å². The lowest BCUT2D eigenvalue weighted by Gasteiger charge is -2.43. The van der Waals surface area contributed by atoms with Gasteiger partial charge in [0.25, 0.3) is 0 Å². The molecule has 1 aliphatic carbocycles. The first-order valence-corrected chi connectivity index (χ1v) is 14.6. The molecule has 2 aromatic rings. The zero-order chi connectivity index (χ0) is 26.5. The van der Waals surface area contributed by atoms with Gasteiger partial charge in [-0.05, 0) is 62.9 Å². The van der Waals surface area contributed by atoms with E-state index in [1.165, 1.54) is 11.9 Å². The summed E-state index contributed by atoms with van der Waals surface area (Å²) >= 11 is 8.79. The van der Waals surface area contributed by atoms with Crippen molar-refractivity contribution in [3.63, 3.8) is 0 Å². The minimum atomic E-state index is -4.93. The van der Waals surface area contributed by atoms with Gasteiger partial charge >= 0.3 is 12.1 Å². The van der Waals surface area contributed by atoms with Gasteiger partial charge in [-0.15, -0.1) is 11.3 Å². The van der Waals surface area contributed by atoms with E-state index in [0.29, 0.717) is 33.3 Å². The molecule has 1 saturated carbocycles. The Hall–Kier alpha value is -1.96. The van der Waals surface area contributed by atoms with Crippen molar-refractivity contribution in [3.8, 4) is 0 Å². The van der Waals surface area contributed by atoms with E-state index in [2.05, 4.69) is 4.72 Å². The second kappa shape index (κ2) is 9.73. The van der Waals surface area contributed by atoms with E-state index in [-0.39, 0.29) is 29.7 Å². The van der Waals surface area contributed by atoms with Crippen LogP contribution < -0.4 is 4.72 Å². The number of nitrogens with one attached hydrogen (secondary N) is 2. The van der Waals surface area contributed by atoms with Crippen LogP contribution in [0.2, 0.25) is 5.02 Å². The van der Waals surface area contributed by atoms with Crippen molar-refractivity contribution in [1.29, 1.82) is 5.41 Å². The van der Waals surface area contributed by atoms with Crippen molar-refractivity contribution >= 4 is 62.2 Å². The Morgan fingerprint density at radius 3 is 2.53 bits per heavy atom. The van der Waals surface area contributed by atoms with Crippen LogP contribution in [0.15, 0.2) is 38.8 Å². The third kappa shape index (κ3) is 5.20. The molecule has 2 N–H and O–H groups in total. The van der Waals surface area contributed by atoms with Crippen LogP contribution >= 0.6 is 34.9 Å². The summed E-state index contributed by atoms with van der Waals surface area (Å²) in [6.07, 6.45) is -3.79. The van der Waals surface area contributed by atoms with Gasteiger partial charge in [-0.3, -0.25) is 10.2 Å². The highest BCUT2D eigenvalue weighted by Crippen LogP contribution is 2.46. The molecule has 1 spiro atoms. The number of carbonyl (C=O) groups is 1. The van der Waals surface area contributed by atoms with Crippen LogP contribution in [-0.2, 0) is 14.6 Å². The number of amidine groups is 1. The van der Waals surface area contributed by atoms with Crippen LogP contribution in [0.3, 0.4) is 0 Å². The van der Waals surface area contributed by atoms with Crippen molar-refractivity contribution in [2.75, 3.05) is 24.4 Å². The number of sulfone groups is 1. The van der Waals surface area contributed by atoms with Crippen molar-refractivity contribution in [2.24, 2.45) is 0 Å².